The number of rotatable bonds is 4. The summed E-state index contributed by atoms with van der Waals surface area (Å²) in [6.45, 7) is 0. The SMILES string of the molecule is O=C([O-])CCC(=O)NNC(=O)c1ccc(O)cc1. The van der Waals surface area contributed by atoms with Gasteiger partial charge in [-0.25, -0.2) is 0 Å². The van der Waals surface area contributed by atoms with Crippen LogP contribution in [-0.4, -0.2) is 22.9 Å². The molecule has 0 aromatic heterocycles. The molecule has 0 unspecified atom stereocenters. The number of carbonyl (C=O) groups is 3. The first-order chi connectivity index (χ1) is 8.49. The lowest BCUT2D eigenvalue weighted by atomic mass is 10.2. The lowest BCUT2D eigenvalue weighted by molar-refractivity contribution is -0.305. The fraction of sp³-hybridized carbons (Fsp3) is 0.182. The Hall–Kier alpha value is -2.57. The average molecular weight is 251 g/mol. The summed E-state index contributed by atoms with van der Waals surface area (Å²) in [6, 6.07) is 5.40. The molecule has 96 valence electrons. The molecular weight excluding hydrogens is 240 g/mol. The summed E-state index contributed by atoms with van der Waals surface area (Å²) in [5.41, 5.74) is 4.41. The number of hydrazine groups is 1. The number of carboxylic acid groups (broad SMARTS) is 1. The number of carbonyl (C=O) groups excluding carboxylic acids is 3. The maximum atomic E-state index is 11.5. The van der Waals surface area contributed by atoms with E-state index in [4.69, 9.17) is 5.11 Å². The van der Waals surface area contributed by atoms with Gasteiger partial charge in [0, 0.05) is 18.0 Å². The summed E-state index contributed by atoms with van der Waals surface area (Å²) in [4.78, 5) is 32.6. The van der Waals surface area contributed by atoms with Gasteiger partial charge in [0.05, 0.1) is 0 Å². The number of benzene rings is 1. The van der Waals surface area contributed by atoms with Crippen LogP contribution in [0.15, 0.2) is 24.3 Å². The van der Waals surface area contributed by atoms with Crippen LogP contribution in [0.3, 0.4) is 0 Å². The fourth-order valence-corrected chi connectivity index (χ4v) is 1.09. The maximum Gasteiger partial charge on any atom is 0.269 e. The van der Waals surface area contributed by atoms with Gasteiger partial charge in [0.2, 0.25) is 5.91 Å². The predicted molar refractivity (Wildman–Crippen MR) is 58.0 cm³/mol. The van der Waals surface area contributed by atoms with Crippen LogP contribution in [0.25, 0.3) is 0 Å². The van der Waals surface area contributed by atoms with Crippen LogP contribution < -0.4 is 16.0 Å². The molecule has 0 bridgehead atoms. The number of aliphatic carboxylic acids is 1. The number of nitrogens with one attached hydrogen (secondary N) is 2. The highest BCUT2D eigenvalue weighted by atomic mass is 16.4. The first kappa shape index (κ1) is 13.5. The monoisotopic (exact) mass is 251 g/mol. The van der Waals surface area contributed by atoms with Crippen molar-refractivity contribution >= 4 is 17.8 Å². The van der Waals surface area contributed by atoms with Gasteiger partial charge >= 0.3 is 0 Å². The minimum absolute atomic E-state index is 0.0181. The Kier molecular flexibility index (Phi) is 4.67. The molecule has 7 nitrogen and oxygen atoms in total. The highest BCUT2D eigenvalue weighted by molar-refractivity contribution is 5.95. The minimum atomic E-state index is -1.34. The molecule has 7 heteroatoms. The Bertz CT molecular complexity index is 455. The van der Waals surface area contributed by atoms with E-state index in [1.54, 1.807) is 0 Å². The second-order valence-corrected chi connectivity index (χ2v) is 3.42. The largest absolute Gasteiger partial charge is 0.550 e. The van der Waals surface area contributed by atoms with Gasteiger partial charge in [0.25, 0.3) is 5.91 Å². The van der Waals surface area contributed by atoms with Gasteiger partial charge in [0.15, 0.2) is 0 Å². The minimum Gasteiger partial charge on any atom is -0.550 e. The molecule has 0 aliphatic rings. The average Bonchev–Trinajstić information content (AvgIpc) is 2.34. The first-order valence-electron chi connectivity index (χ1n) is 5.07. The second kappa shape index (κ2) is 6.24. The molecule has 18 heavy (non-hydrogen) atoms. The number of aromatic hydroxyl groups is 1. The van der Waals surface area contributed by atoms with Crippen LogP contribution in [0.1, 0.15) is 23.2 Å². The lowest BCUT2D eigenvalue weighted by Gasteiger charge is -2.07. The number of hydrogen-bond acceptors (Lipinski definition) is 5. The smallest absolute Gasteiger partial charge is 0.269 e. The first-order valence-corrected chi connectivity index (χ1v) is 5.07. The van der Waals surface area contributed by atoms with Crippen molar-refractivity contribution in [3.63, 3.8) is 0 Å². The third kappa shape index (κ3) is 4.52. The Balaban J connectivity index is 2.39. The molecule has 0 spiro atoms. The van der Waals surface area contributed by atoms with Gasteiger partial charge in [-0.05, 0) is 30.7 Å². The summed E-state index contributed by atoms with van der Waals surface area (Å²) >= 11 is 0. The highest BCUT2D eigenvalue weighted by Crippen LogP contribution is 2.08. The van der Waals surface area contributed by atoms with Gasteiger partial charge in [-0.15, -0.1) is 0 Å². The van der Waals surface area contributed by atoms with Crippen molar-refractivity contribution in [1.82, 2.24) is 10.9 Å². The molecular formula is C11H11N2O5-. The normalized spacial score (nSPS) is 9.56. The molecule has 0 atom stereocenters. The third-order valence-electron chi connectivity index (χ3n) is 2.00. The maximum absolute atomic E-state index is 11.5. The van der Waals surface area contributed by atoms with Crippen LogP contribution >= 0.6 is 0 Å². The summed E-state index contributed by atoms with van der Waals surface area (Å²) in [6.07, 6.45) is -0.695. The van der Waals surface area contributed by atoms with Gasteiger partial charge in [-0.2, -0.15) is 0 Å². The van der Waals surface area contributed by atoms with Gasteiger partial charge < -0.3 is 15.0 Å². The van der Waals surface area contributed by atoms with E-state index in [0.717, 1.165) is 0 Å². The zero-order valence-electron chi connectivity index (χ0n) is 9.30. The number of amides is 2. The summed E-state index contributed by atoms with van der Waals surface area (Å²) in [7, 11) is 0. The van der Waals surface area contributed by atoms with Gasteiger partial charge in [-0.1, -0.05) is 0 Å². The molecule has 0 saturated heterocycles. The number of hydrogen-bond donors (Lipinski definition) is 3. The quantitative estimate of drug-likeness (QED) is 0.574. The van der Waals surface area contributed by atoms with E-state index in [2.05, 4.69) is 10.9 Å². The molecule has 1 aromatic carbocycles. The van der Waals surface area contributed by atoms with Crippen molar-refractivity contribution < 1.29 is 24.6 Å². The second-order valence-electron chi connectivity index (χ2n) is 3.42. The van der Waals surface area contributed by atoms with Crippen LogP contribution in [0.5, 0.6) is 5.75 Å². The zero-order chi connectivity index (χ0) is 13.5. The fourth-order valence-electron chi connectivity index (χ4n) is 1.09. The van der Waals surface area contributed by atoms with E-state index < -0.39 is 24.2 Å². The van der Waals surface area contributed by atoms with Crippen molar-refractivity contribution in [3.8, 4) is 5.75 Å². The Morgan fingerprint density at radius 3 is 2.22 bits per heavy atom. The van der Waals surface area contributed by atoms with Crippen LogP contribution in [-0.2, 0) is 9.59 Å². The molecule has 3 N–H and O–H groups in total. The molecule has 0 saturated carbocycles. The molecule has 0 fully saturated rings. The van der Waals surface area contributed by atoms with Crippen LogP contribution in [0.4, 0.5) is 0 Å². The van der Waals surface area contributed by atoms with Gasteiger partial charge in [-0.3, -0.25) is 20.4 Å². The number of phenolic OH excluding ortho intramolecular Hbond substituents is 1. The highest BCUT2D eigenvalue weighted by Gasteiger charge is 2.07. The van der Waals surface area contributed by atoms with E-state index in [1.807, 2.05) is 0 Å². The molecule has 1 rings (SSSR count). The van der Waals surface area contributed by atoms with Crippen molar-refractivity contribution in [2.45, 2.75) is 12.8 Å². The van der Waals surface area contributed by atoms with E-state index in [1.165, 1.54) is 24.3 Å². The number of carboxylic acids is 1. The molecule has 0 heterocycles. The summed E-state index contributed by atoms with van der Waals surface area (Å²) in [5, 5.41) is 19.1. The Morgan fingerprint density at radius 2 is 1.67 bits per heavy atom. The molecule has 0 radical (unpaired) electrons. The summed E-state index contributed by atoms with van der Waals surface area (Å²) in [5.74, 6) is -2.53. The van der Waals surface area contributed by atoms with E-state index in [0.29, 0.717) is 0 Å². The standard InChI is InChI=1S/C11H12N2O5/c14-8-3-1-7(2-4-8)11(18)13-12-9(15)5-6-10(16)17/h1-4,14H,5-6H2,(H,12,15)(H,13,18)(H,16,17)/p-1. The molecule has 1 aromatic rings. The van der Waals surface area contributed by atoms with E-state index in [-0.39, 0.29) is 17.7 Å². The number of phenols is 1. The summed E-state index contributed by atoms with van der Waals surface area (Å²) < 4.78 is 0. The Morgan fingerprint density at radius 1 is 1.06 bits per heavy atom. The van der Waals surface area contributed by atoms with Crippen molar-refractivity contribution in [2.75, 3.05) is 0 Å². The van der Waals surface area contributed by atoms with Crippen molar-refractivity contribution in [3.05, 3.63) is 29.8 Å². The van der Waals surface area contributed by atoms with Gasteiger partial charge in [0.1, 0.15) is 5.75 Å². The van der Waals surface area contributed by atoms with E-state index in [9.17, 15) is 19.5 Å². The molecule has 2 amide bonds. The Labute approximate surface area is 102 Å². The third-order valence-corrected chi connectivity index (χ3v) is 2.00. The molecule has 0 aliphatic heterocycles. The van der Waals surface area contributed by atoms with Crippen molar-refractivity contribution in [1.29, 1.82) is 0 Å². The van der Waals surface area contributed by atoms with E-state index >= 15 is 0 Å². The van der Waals surface area contributed by atoms with Crippen molar-refractivity contribution in [2.24, 2.45) is 0 Å². The lowest BCUT2D eigenvalue weighted by Crippen LogP contribution is -2.42. The predicted octanol–water partition coefficient (Wildman–Crippen LogP) is -1.32. The topological polar surface area (TPSA) is 119 Å². The van der Waals surface area contributed by atoms with Crippen LogP contribution in [0.2, 0.25) is 0 Å². The zero-order valence-corrected chi connectivity index (χ0v) is 9.30. The molecule has 0 aliphatic carbocycles. The van der Waals surface area contributed by atoms with Crippen LogP contribution in [0, 0.1) is 0 Å².